The first-order valence-corrected chi connectivity index (χ1v) is 6.12. The normalized spacial score (nSPS) is 18.7. The number of carbonyl (C=O) groups is 1. The lowest BCUT2D eigenvalue weighted by Crippen LogP contribution is -2.35. The van der Waals surface area contributed by atoms with Gasteiger partial charge in [-0.05, 0) is 39.7 Å². The Morgan fingerprint density at radius 1 is 1.27 bits per heavy atom. The standard InChI is InChI=1S/C10H19NO2.C2H6/c1-8(11-2)10(12)13-9-6-4-3-5-7-9;1-2/h8-9,11H,3-7H2,1-2H3;1-2H3. The van der Waals surface area contributed by atoms with Crippen LogP contribution in [0.3, 0.4) is 0 Å². The highest BCUT2D eigenvalue weighted by atomic mass is 16.5. The minimum atomic E-state index is -0.179. The molecule has 0 radical (unpaired) electrons. The van der Waals surface area contributed by atoms with Gasteiger partial charge in [0.1, 0.15) is 12.1 Å². The first kappa shape index (κ1) is 14.4. The molecule has 1 atom stereocenters. The molecule has 0 aromatic heterocycles. The molecular formula is C12H25NO2. The van der Waals surface area contributed by atoms with Gasteiger partial charge in [0.25, 0.3) is 0 Å². The van der Waals surface area contributed by atoms with E-state index in [1.54, 1.807) is 7.05 Å². The predicted molar refractivity (Wildman–Crippen MR) is 62.8 cm³/mol. The van der Waals surface area contributed by atoms with Crippen molar-refractivity contribution in [1.82, 2.24) is 5.32 Å². The summed E-state index contributed by atoms with van der Waals surface area (Å²) < 4.78 is 5.34. The average molecular weight is 215 g/mol. The Labute approximate surface area is 93.6 Å². The Morgan fingerprint density at radius 2 is 1.80 bits per heavy atom. The highest BCUT2D eigenvalue weighted by molar-refractivity contribution is 5.75. The third-order valence-corrected chi connectivity index (χ3v) is 2.62. The monoisotopic (exact) mass is 215 g/mol. The van der Waals surface area contributed by atoms with Crippen molar-refractivity contribution in [2.75, 3.05) is 7.05 Å². The van der Waals surface area contributed by atoms with Crippen LogP contribution < -0.4 is 5.32 Å². The lowest BCUT2D eigenvalue weighted by molar-refractivity contribution is -0.152. The van der Waals surface area contributed by atoms with Gasteiger partial charge in [-0.1, -0.05) is 20.3 Å². The maximum Gasteiger partial charge on any atom is 0.323 e. The third kappa shape index (κ3) is 5.78. The summed E-state index contributed by atoms with van der Waals surface area (Å²) in [7, 11) is 1.77. The van der Waals surface area contributed by atoms with E-state index in [-0.39, 0.29) is 18.1 Å². The second-order valence-corrected chi connectivity index (χ2v) is 3.71. The summed E-state index contributed by atoms with van der Waals surface area (Å²) in [5.41, 5.74) is 0. The van der Waals surface area contributed by atoms with E-state index in [1.165, 1.54) is 19.3 Å². The predicted octanol–water partition coefficient (Wildman–Crippen LogP) is 2.50. The number of likely N-dealkylation sites (N-methyl/N-ethyl adjacent to an activating group) is 1. The molecule has 0 aromatic carbocycles. The summed E-state index contributed by atoms with van der Waals surface area (Å²) >= 11 is 0. The van der Waals surface area contributed by atoms with Crippen molar-refractivity contribution in [2.24, 2.45) is 0 Å². The first-order valence-electron chi connectivity index (χ1n) is 6.12. The van der Waals surface area contributed by atoms with Gasteiger partial charge in [-0.2, -0.15) is 0 Å². The third-order valence-electron chi connectivity index (χ3n) is 2.62. The topological polar surface area (TPSA) is 38.3 Å². The van der Waals surface area contributed by atoms with Gasteiger partial charge in [0, 0.05) is 0 Å². The van der Waals surface area contributed by atoms with E-state index < -0.39 is 0 Å². The number of hydrogen-bond donors (Lipinski definition) is 1. The molecule has 1 N–H and O–H groups in total. The molecule has 0 amide bonds. The molecule has 3 nitrogen and oxygen atoms in total. The van der Waals surface area contributed by atoms with Crippen LogP contribution in [0.25, 0.3) is 0 Å². The zero-order valence-electron chi connectivity index (χ0n) is 10.5. The number of nitrogens with one attached hydrogen (secondary N) is 1. The van der Waals surface area contributed by atoms with Crippen LogP contribution in [0, 0.1) is 0 Å². The first-order chi connectivity index (χ1) is 7.24. The van der Waals surface area contributed by atoms with Crippen molar-refractivity contribution in [1.29, 1.82) is 0 Å². The molecule has 1 fully saturated rings. The van der Waals surface area contributed by atoms with Crippen molar-refractivity contribution in [2.45, 2.75) is 65.0 Å². The van der Waals surface area contributed by atoms with E-state index in [4.69, 9.17) is 4.74 Å². The van der Waals surface area contributed by atoms with Crippen molar-refractivity contribution < 1.29 is 9.53 Å². The fourth-order valence-electron chi connectivity index (χ4n) is 1.57. The Kier molecular flexibility index (Phi) is 8.38. The number of rotatable bonds is 3. The lowest BCUT2D eigenvalue weighted by atomic mass is 9.98. The molecule has 0 spiro atoms. The van der Waals surface area contributed by atoms with Gasteiger partial charge in [-0.15, -0.1) is 0 Å². The van der Waals surface area contributed by atoms with Gasteiger partial charge in [0.2, 0.25) is 0 Å². The van der Waals surface area contributed by atoms with Crippen LogP contribution in [0.15, 0.2) is 0 Å². The van der Waals surface area contributed by atoms with Gasteiger partial charge in [-0.3, -0.25) is 4.79 Å². The highest BCUT2D eigenvalue weighted by Gasteiger charge is 2.20. The summed E-state index contributed by atoms with van der Waals surface area (Å²) in [4.78, 5) is 11.4. The fourth-order valence-corrected chi connectivity index (χ4v) is 1.57. The molecule has 1 aliphatic rings. The van der Waals surface area contributed by atoms with E-state index >= 15 is 0 Å². The van der Waals surface area contributed by atoms with Gasteiger partial charge in [-0.25, -0.2) is 0 Å². The van der Waals surface area contributed by atoms with E-state index in [9.17, 15) is 4.79 Å². The Morgan fingerprint density at radius 3 is 2.27 bits per heavy atom. The number of ether oxygens (including phenoxy) is 1. The number of esters is 1. The summed E-state index contributed by atoms with van der Waals surface area (Å²) in [5, 5.41) is 2.88. The van der Waals surface area contributed by atoms with Crippen LogP contribution in [-0.2, 0) is 9.53 Å². The summed E-state index contributed by atoms with van der Waals surface area (Å²) in [6.07, 6.45) is 5.95. The van der Waals surface area contributed by atoms with E-state index in [1.807, 2.05) is 20.8 Å². The Hall–Kier alpha value is -0.570. The van der Waals surface area contributed by atoms with Crippen molar-refractivity contribution in [3.63, 3.8) is 0 Å². The van der Waals surface area contributed by atoms with Crippen LogP contribution in [0.2, 0.25) is 0 Å². The maximum absolute atomic E-state index is 11.4. The summed E-state index contributed by atoms with van der Waals surface area (Å²) in [5.74, 6) is -0.116. The van der Waals surface area contributed by atoms with Crippen LogP contribution in [0.1, 0.15) is 52.9 Å². The highest BCUT2D eigenvalue weighted by Crippen LogP contribution is 2.20. The molecule has 1 unspecified atom stereocenters. The number of hydrogen-bond acceptors (Lipinski definition) is 3. The maximum atomic E-state index is 11.4. The summed E-state index contributed by atoms with van der Waals surface area (Å²) in [6, 6.07) is -0.179. The van der Waals surface area contributed by atoms with Gasteiger partial charge < -0.3 is 10.1 Å². The zero-order chi connectivity index (χ0) is 11.7. The van der Waals surface area contributed by atoms with Crippen molar-refractivity contribution in [3.8, 4) is 0 Å². The molecule has 0 aliphatic heterocycles. The second kappa shape index (κ2) is 8.72. The summed E-state index contributed by atoms with van der Waals surface area (Å²) in [6.45, 7) is 5.82. The van der Waals surface area contributed by atoms with E-state index in [0.717, 1.165) is 12.8 Å². The molecule has 0 aromatic rings. The molecular weight excluding hydrogens is 190 g/mol. The minimum Gasteiger partial charge on any atom is -0.461 e. The molecule has 3 heteroatoms. The molecule has 0 heterocycles. The number of carbonyl (C=O) groups excluding carboxylic acids is 1. The van der Waals surface area contributed by atoms with Crippen LogP contribution in [0.4, 0.5) is 0 Å². The van der Waals surface area contributed by atoms with Crippen molar-refractivity contribution in [3.05, 3.63) is 0 Å². The lowest BCUT2D eigenvalue weighted by Gasteiger charge is -2.23. The SMILES string of the molecule is CC.CNC(C)C(=O)OC1CCCCC1. The second-order valence-electron chi connectivity index (χ2n) is 3.71. The van der Waals surface area contributed by atoms with Gasteiger partial charge >= 0.3 is 5.97 Å². The van der Waals surface area contributed by atoms with E-state index in [0.29, 0.717) is 0 Å². The van der Waals surface area contributed by atoms with Crippen molar-refractivity contribution >= 4 is 5.97 Å². The average Bonchev–Trinajstić information content (AvgIpc) is 2.32. The molecule has 0 bridgehead atoms. The fraction of sp³-hybridized carbons (Fsp3) is 0.917. The van der Waals surface area contributed by atoms with Crippen LogP contribution in [-0.4, -0.2) is 25.2 Å². The molecule has 0 saturated heterocycles. The Bertz CT molecular complexity index is 165. The molecule has 90 valence electrons. The smallest absolute Gasteiger partial charge is 0.323 e. The van der Waals surface area contributed by atoms with Crippen LogP contribution in [0.5, 0.6) is 0 Å². The molecule has 1 rings (SSSR count). The van der Waals surface area contributed by atoms with Gasteiger partial charge in [0.05, 0.1) is 0 Å². The van der Waals surface area contributed by atoms with E-state index in [2.05, 4.69) is 5.32 Å². The largest absolute Gasteiger partial charge is 0.461 e. The van der Waals surface area contributed by atoms with Gasteiger partial charge in [0.15, 0.2) is 0 Å². The quantitative estimate of drug-likeness (QED) is 0.735. The minimum absolute atomic E-state index is 0.116. The Balaban J connectivity index is 0.000000921. The zero-order valence-corrected chi connectivity index (χ0v) is 10.5. The molecule has 1 aliphatic carbocycles. The molecule has 1 saturated carbocycles. The van der Waals surface area contributed by atoms with Crippen LogP contribution >= 0.6 is 0 Å². The molecule has 15 heavy (non-hydrogen) atoms.